The highest BCUT2D eigenvalue weighted by Gasteiger charge is 2.34. The second kappa shape index (κ2) is 8.88. The summed E-state index contributed by atoms with van der Waals surface area (Å²) >= 11 is 6.12. The number of rotatable bonds is 6. The third-order valence-electron chi connectivity index (χ3n) is 6.38. The molecule has 0 bridgehead atoms. The third-order valence-corrected chi connectivity index (χ3v) is 6.61. The summed E-state index contributed by atoms with van der Waals surface area (Å²) in [4.78, 5) is 35.4. The maximum absolute atomic E-state index is 12.3. The number of piperazine rings is 1. The lowest BCUT2D eigenvalue weighted by Gasteiger charge is -2.36. The number of nitrogens with zero attached hydrogens (tertiary/aromatic N) is 4. The van der Waals surface area contributed by atoms with Crippen LogP contribution < -0.4 is 9.80 Å². The fourth-order valence-corrected chi connectivity index (χ4v) is 4.84. The van der Waals surface area contributed by atoms with E-state index in [1.807, 2.05) is 30.5 Å². The molecule has 0 aliphatic carbocycles. The van der Waals surface area contributed by atoms with Gasteiger partial charge in [-0.2, -0.15) is 0 Å². The number of Topliss-reactive ketones (excluding diaryl/α,β-unsaturated/α-hetero) is 1. The van der Waals surface area contributed by atoms with E-state index in [0.717, 1.165) is 62.2 Å². The van der Waals surface area contributed by atoms with Gasteiger partial charge in [-0.15, -0.1) is 0 Å². The number of hydrogen-bond donors (Lipinski definition) is 0. The maximum Gasteiger partial charge on any atom is 0.299 e. The number of carbonyl (C=O) groups excluding carboxylic acids is 2. The summed E-state index contributed by atoms with van der Waals surface area (Å²) in [7, 11) is 0. The molecule has 1 fully saturated rings. The minimum atomic E-state index is -0.398. The van der Waals surface area contributed by atoms with Crippen LogP contribution in [-0.4, -0.2) is 60.8 Å². The molecule has 0 spiro atoms. The van der Waals surface area contributed by atoms with Gasteiger partial charge in [-0.05, 0) is 55.8 Å². The van der Waals surface area contributed by atoms with E-state index < -0.39 is 5.91 Å². The van der Waals surface area contributed by atoms with E-state index in [4.69, 9.17) is 11.6 Å². The number of benzene rings is 2. The smallest absolute Gasteiger partial charge is 0.299 e. The summed E-state index contributed by atoms with van der Waals surface area (Å²) in [6.45, 7) is 5.52. The SMILES string of the molecule is O=C1C(=O)N(CCCCN2CCN(c3ccnc4cc(Cl)ccc34)CC2)c2ccccc21. The first-order valence-corrected chi connectivity index (χ1v) is 11.5. The van der Waals surface area contributed by atoms with Gasteiger partial charge in [-0.25, -0.2) is 0 Å². The van der Waals surface area contributed by atoms with Crippen molar-refractivity contribution in [2.45, 2.75) is 12.8 Å². The number of fused-ring (bicyclic) bond motifs is 2. The van der Waals surface area contributed by atoms with Crippen molar-refractivity contribution in [3.8, 4) is 0 Å². The average Bonchev–Trinajstić information content (AvgIpc) is 3.06. The summed E-state index contributed by atoms with van der Waals surface area (Å²) < 4.78 is 0. The number of unbranched alkanes of at least 4 members (excludes halogenated alkanes) is 1. The molecule has 2 aromatic carbocycles. The molecule has 2 aliphatic heterocycles. The van der Waals surface area contributed by atoms with Gasteiger partial charge < -0.3 is 9.80 Å². The Labute approximate surface area is 192 Å². The lowest BCUT2D eigenvalue weighted by molar-refractivity contribution is -0.114. The highest BCUT2D eigenvalue weighted by Crippen LogP contribution is 2.29. The van der Waals surface area contributed by atoms with Crippen LogP contribution in [0.4, 0.5) is 11.4 Å². The Balaban J connectivity index is 1.12. The van der Waals surface area contributed by atoms with E-state index in [1.165, 1.54) is 5.69 Å². The fraction of sp³-hybridized carbons (Fsp3) is 0.320. The van der Waals surface area contributed by atoms with Crippen LogP contribution in [0.1, 0.15) is 23.2 Å². The van der Waals surface area contributed by atoms with Gasteiger partial charge in [0.1, 0.15) is 0 Å². The summed E-state index contributed by atoms with van der Waals surface area (Å²) in [6.07, 6.45) is 3.73. The number of amides is 1. The van der Waals surface area contributed by atoms with Crippen molar-refractivity contribution in [3.63, 3.8) is 0 Å². The Morgan fingerprint density at radius 3 is 2.50 bits per heavy atom. The van der Waals surface area contributed by atoms with Crippen LogP contribution >= 0.6 is 11.6 Å². The topological polar surface area (TPSA) is 56.8 Å². The molecular weight excluding hydrogens is 424 g/mol. The van der Waals surface area contributed by atoms with Gasteiger partial charge in [0.2, 0.25) is 0 Å². The first kappa shape index (κ1) is 20.9. The zero-order chi connectivity index (χ0) is 22.1. The second-order valence-corrected chi connectivity index (χ2v) is 8.77. The Morgan fingerprint density at radius 2 is 1.66 bits per heavy atom. The van der Waals surface area contributed by atoms with Crippen LogP contribution in [0.3, 0.4) is 0 Å². The summed E-state index contributed by atoms with van der Waals surface area (Å²) in [6, 6.07) is 15.2. The number of pyridine rings is 1. The number of hydrogen-bond acceptors (Lipinski definition) is 5. The predicted octanol–water partition coefficient (Wildman–Crippen LogP) is 4.02. The first-order valence-electron chi connectivity index (χ1n) is 11.1. The molecule has 0 N–H and O–H groups in total. The molecule has 3 heterocycles. The van der Waals surface area contributed by atoms with Crippen molar-refractivity contribution in [3.05, 3.63) is 65.3 Å². The number of aromatic nitrogens is 1. The average molecular weight is 449 g/mol. The zero-order valence-electron chi connectivity index (χ0n) is 17.8. The standard InChI is InChI=1S/C25H25ClN4O2/c26-18-7-8-19-21(17-18)27-10-9-22(19)29-15-13-28(14-16-29)11-3-4-12-30-23-6-2-1-5-20(23)24(31)25(30)32/h1-2,5-10,17H,3-4,11-16H2. The minimum absolute atomic E-state index is 0.386. The summed E-state index contributed by atoms with van der Waals surface area (Å²) in [5.41, 5.74) is 3.41. The zero-order valence-corrected chi connectivity index (χ0v) is 18.6. The van der Waals surface area contributed by atoms with Crippen molar-refractivity contribution in [1.29, 1.82) is 0 Å². The molecule has 5 rings (SSSR count). The van der Waals surface area contributed by atoms with Crippen LogP contribution in [0, 0.1) is 0 Å². The quantitative estimate of drug-likeness (QED) is 0.421. The van der Waals surface area contributed by atoms with E-state index >= 15 is 0 Å². The van der Waals surface area contributed by atoms with Gasteiger partial charge in [-0.1, -0.05) is 23.7 Å². The Bertz CT molecular complexity index is 1170. The monoisotopic (exact) mass is 448 g/mol. The molecule has 0 saturated carbocycles. The van der Waals surface area contributed by atoms with E-state index in [-0.39, 0.29) is 5.78 Å². The Hall–Kier alpha value is -2.96. The van der Waals surface area contributed by atoms with Crippen molar-refractivity contribution in [1.82, 2.24) is 9.88 Å². The number of anilines is 2. The molecule has 7 heteroatoms. The van der Waals surface area contributed by atoms with Gasteiger partial charge in [0.15, 0.2) is 0 Å². The largest absolute Gasteiger partial charge is 0.368 e. The minimum Gasteiger partial charge on any atom is -0.368 e. The molecule has 1 amide bonds. The summed E-state index contributed by atoms with van der Waals surface area (Å²) in [5, 5.41) is 1.84. The van der Waals surface area contributed by atoms with Crippen LogP contribution in [0.25, 0.3) is 10.9 Å². The number of ketones is 1. The van der Waals surface area contributed by atoms with Crippen LogP contribution in [0.15, 0.2) is 54.7 Å². The van der Waals surface area contributed by atoms with Gasteiger partial charge in [-0.3, -0.25) is 19.5 Å². The van der Waals surface area contributed by atoms with E-state index in [1.54, 1.807) is 17.0 Å². The molecule has 0 atom stereocenters. The molecule has 0 unspecified atom stereocenters. The van der Waals surface area contributed by atoms with Crippen molar-refractivity contribution < 1.29 is 9.59 Å². The van der Waals surface area contributed by atoms with Crippen LogP contribution in [0.5, 0.6) is 0 Å². The van der Waals surface area contributed by atoms with E-state index in [9.17, 15) is 9.59 Å². The first-order chi connectivity index (χ1) is 15.6. The number of carbonyl (C=O) groups is 2. The van der Waals surface area contributed by atoms with E-state index in [0.29, 0.717) is 17.1 Å². The van der Waals surface area contributed by atoms with Crippen LogP contribution in [-0.2, 0) is 4.79 Å². The second-order valence-electron chi connectivity index (χ2n) is 8.33. The molecule has 32 heavy (non-hydrogen) atoms. The van der Waals surface area contributed by atoms with Crippen molar-refractivity contribution in [2.24, 2.45) is 0 Å². The predicted molar refractivity (Wildman–Crippen MR) is 128 cm³/mol. The van der Waals surface area contributed by atoms with Gasteiger partial charge in [0.05, 0.1) is 16.8 Å². The van der Waals surface area contributed by atoms with Crippen molar-refractivity contribution >= 4 is 45.6 Å². The lowest BCUT2D eigenvalue weighted by atomic mass is 10.1. The number of halogens is 1. The molecule has 0 radical (unpaired) electrons. The maximum atomic E-state index is 12.3. The van der Waals surface area contributed by atoms with Gasteiger partial charge in [0.25, 0.3) is 11.7 Å². The number of para-hydroxylation sites is 1. The molecule has 164 valence electrons. The van der Waals surface area contributed by atoms with Gasteiger partial charge in [0, 0.05) is 55.0 Å². The molecular formula is C25H25ClN4O2. The normalized spacial score (nSPS) is 16.8. The fourth-order valence-electron chi connectivity index (χ4n) is 4.67. The van der Waals surface area contributed by atoms with Gasteiger partial charge >= 0.3 is 0 Å². The van der Waals surface area contributed by atoms with Crippen LogP contribution in [0.2, 0.25) is 5.02 Å². The molecule has 6 nitrogen and oxygen atoms in total. The highest BCUT2D eigenvalue weighted by atomic mass is 35.5. The third kappa shape index (κ3) is 3.96. The van der Waals surface area contributed by atoms with Crippen molar-refractivity contribution in [2.75, 3.05) is 49.1 Å². The summed E-state index contributed by atoms with van der Waals surface area (Å²) in [5.74, 6) is -0.784. The molecule has 3 aromatic rings. The lowest BCUT2D eigenvalue weighted by Crippen LogP contribution is -2.46. The Kier molecular flexibility index (Phi) is 5.81. The highest BCUT2D eigenvalue weighted by molar-refractivity contribution is 6.52. The molecule has 1 aromatic heterocycles. The molecule has 1 saturated heterocycles. The van der Waals surface area contributed by atoms with E-state index in [2.05, 4.69) is 26.9 Å². The molecule has 2 aliphatic rings. The Morgan fingerprint density at radius 1 is 0.875 bits per heavy atom.